The lowest BCUT2D eigenvalue weighted by Crippen LogP contribution is -2.26. The van der Waals surface area contributed by atoms with Crippen molar-refractivity contribution in [2.24, 2.45) is 0 Å². The summed E-state index contributed by atoms with van der Waals surface area (Å²) in [4.78, 5) is 14.3. The van der Waals surface area contributed by atoms with Gasteiger partial charge in [0, 0.05) is 30.5 Å². The smallest absolute Gasteiger partial charge is 0.253 e. The molecule has 1 heterocycles. The fourth-order valence-electron chi connectivity index (χ4n) is 3.12. The molecule has 0 fully saturated rings. The van der Waals surface area contributed by atoms with E-state index in [1.54, 1.807) is 53.8 Å². The molecule has 0 unspecified atom stereocenters. The van der Waals surface area contributed by atoms with Crippen molar-refractivity contribution in [1.82, 2.24) is 14.7 Å². The molecule has 0 N–H and O–H groups in total. The van der Waals surface area contributed by atoms with E-state index in [0.717, 1.165) is 15.8 Å². The van der Waals surface area contributed by atoms with Crippen molar-refractivity contribution in [3.63, 3.8) is 0 Å². The van der Waals surface area contributed by atoms with E-state index >= 15 is 0 Å². The topological polar surface area (TPSA) is 38.1 Å². The Morgan fingerprint density at radius 3 is 2.47 bits per heavy atom. The molecule has 0 atom stereocenters. The van der Waals surface area contributed by atoms with Gasteiger partial charge in [-0.2, -0.15) is 0 Å². The molecule has 4 aromatic rings. The monoisotopic (exact) mass is 481 g/mol. The predicted molar refractivity (Wildman–Crippen MR) is 130 cm³/mol. The van der Waals surface area contributed by atoms with Crippen molar-refractivity contribution in [1.29, 1.82) is 0 Å². The van der Waals surface area contributed by atoms with Gasteiger partial charge in [-0.05, 0) is 48.1 Å². The van der Waals surface area contributed by atoms with E-state index in [9.17, 15) is 9.18 Å². The van der Waals surface area contributed by atoms with E-state index in [-0.39, 0.29) is 18.3 Å². The summed E-state index contributed by atoms with van der Waals surface area (Å²) in [5.41, 5.74) is 3.03. The van der Waals surface area contributed by atoms with Crippen molar-refractivity contribution in [2.75, 3.05) is 7.05 Å². The quantitative estimate of drug-likeness (QED) is 0.227. The molecular weight excluding hydrogens is 461 g/mol. The van der Waals surface area contributed by atoms with Crippen LogP contribution in [0.2, 0.25) is 0 Å². The number of carbonyl (C=O) groups excluding carboxylic acids is 1. The van der Waals surface area contributed by atoms with Gasteiger partial charge in [-0.3, -0.25) is 4.79 Å². The summed E-state index contributed by atoms with van der Waals surface area (Å²) in [6, 6.07) is 23.8. The normalized spacial score (nSPS) is 10.8. The maximum Gasteiger partial charge on any atom is 0.253 e. The summed E-state index contributed by atoms with van der Waals surface area (Å²) in [5, 5.41) is 4.63. The maximum absolute atomic E-state index is 13.9. The van der Waals surface area contributed by atoms with Gasteiger partial charge < -0.3 is 4.90 Å². The fourth-order valence-corrected chi connectivity index (χ4v) is 5.44. The molecule has 4 nitrogen and oxygen atoms in total. The Hall–Kier alpha value is -2.81. The molecule has 8 heteroatoms. The van der Waals surface area contributed by atoms with Crippen LogP contribution in [0.15, 0.2) is 83.2 Å². The molecule has 1 aromatic heterocycles. The highest BCUT2D eigenvalue weighted by atomic mass is 32.2. The minimum atomic E-state index is -0.318. The zero-order valence-corrected chi connectivity index (χ0v) is 19.7. The molecule has 32 heavy (non-hydrogen) atoms. The fraction of sp³-hybridized carbons (Fsp3) is 0.125. The number of rotatable bonds is 7. The average Bonchev–Trinajstić information content (AvgIpc) is 3.20. The van der Waals surface area contributed by atoms with Crippen LogP contribution in [0.25, 0.3) is 5.69 Å². The highest BCUT2D eigenvalue weighted by Gasteiger charge is 2.14. The maximum atomic E-state index is 13.9. The zero-order chi connectivity index (χ0) is 22.5. The van der Waals surface area contributed by atoms with Gasteiger partial charge in [-0.25, -0.2) is 9.07 Å². The van der Waals surface area contributed by atoms with Gasteiger partial charge >= 0.3 is 0 Å². The van der Waals surface area contributed by atoms with Gasteiger partial charge in [0.2, 0.25) is 0 Å². The molecule has 0 saturated carbocycles. The van der Waals surface area contributed by atoms with Crippen LogP contribution in [0.5, 0.6) is 0 Å². The summed E-state index contributed by atoms with van der Waals surface area (Å²) < 4.78 is 17.1. The number of halogens is 1. The number of carbonyl (C=O) groups is 1. The van der Waals surface area contributed by atoms with Crippen LogP contribution in [0.4, 0.5) is 4.39 Å². The van der Waals surface area contributed by atoms with E-state index in [4.69, 9.17) is 12.2 Å². The second-order valence-electron chi connectivity index (χ2n) is 7.12. The first-order chi connectivity index (χ1) is 15.5. The minimum Gasteiger partial charge on any atom is -0.337 e. The Kier molecular flexibility index (Phi) is 7.14. The number of nitrogens with zero attached hydrogens (tertiary/aromatic N) is 3. The lowest BCUT2D eigenvalue weighted by Gasteiger charge is -2.18. The van der Waals surface area contributed by atoms with E-state index < -0.39 is 0 Å². The lowest BCUT2D eigenvalue weighted by molar-refractivity contribution is 0.0784. The third kappa shape index (κ3) is 5.32. The SMILES string of the molecule is CN(Cc1ccccc1F)C(=O)c1ccc(-n2nc(SCc3ccccc3)sc2=S)cc1. The second-order valence-corrected chi connectivity index (χ2v) is 9.96. The third-order valence-electron chi connectivity index (χ3n) is 4.81. The van der Waals surface area contributed by atoms with Crippen LogP contribution < -0.4 is 0 Å². The number of amides is 1. The summed E-state index contributed by atoms with van der Waals surface area (Å²) >= 11 is 8.60. The van der Waals surface area contributed by atoms with Crippen LogP contribution in [-0.4, -0.2) is 27.6 Å². The van der Waals surface area contributed by atoms with E-state index in [1.165, 1.54) is 27.9 Å². The molecule has 162 valence electrons. The predicted octanol–water partition coefficient (Wildman–Crippen LogP) is 6.37. The second kappa shape index (κ2) is 10.2. The Morgan fingerprint density at radius 1 is 1.06 bits per heavy atom. The van der Waals surface area contributed by atoms with E-state index in [1.807, 2.05) is 30.3 Å². The molecule has 1 amide bonds. The largest absolute Gasteiger partial charge is 0.337 e. The van der Waals surface area contributed by atoms with Crippen molar-refractivity contribution < 1.29 is 9.18 Å². The number of thioether (sulfide) groups is 1. The van der Waals surface area contributed by atoms with Crippen LogP contribution >= 0.6 is 35.3 Å². The number of aromatic nitrogens is 2. The Bertz CT molecular complexity index is 1270. The average molecular weight is 482 g/mol. The molecular formula is C24H20FN3OS3. The van der Waals surface area contributed by atoms with Gasteiger partial charge in [0.1, 0.15) is 5.82 Å². The van der Waals surface area contributed by atoms with Crippen molar-refractivity contribution in [3.05, 3.63) is 105 Å². The highest BCUT2D eigenvalue weighted by molar-refractivity contribution is 8.00. The van der Waals surface area contributed by atoms with Gasteiger partial charge in [0.15, 0.2) is 8.29 Å². The van der Waals surface area contributed by atoms with Crippen LogP contribution in [0, 0.1) is 9.77 Å². The molecule has 0 saturated heterocycles. The summed E-state index contributed by atoms with van der Waals surface area (Å²) in [5.74, 6) is 0.326. The van der Waals surface area contributed by atoms with E-state index in [0.29, 0.717) is 15.1 Å². The first kappa shape index (κ1) is 22.4. The molecule has 0 radical (unpaired) electrons. The molecule has 0 bridgehead atoms. The highest BCUT2D eigenvalue weighted by Crippen LogP contribution is 2.27. The third-order valence-corrected chi connectivity index (χ3v) is 7.24. The van der Waals surface area contributed by atoms with Crippen molar-refractivity contribution in [2.45, 2.75) is 16.6 Å². The standard InChI is InChI=1S/C24H20FN3OS3/c1-27(15-19-9-5-6-10-21(19)25)22(29)18-11-13-20(14-12-18)28-24(30)32-23(26-28)31-16-17-7-3-2-4-8-17/h2-14H,15-16H2,1H3. The number of hydrogen-bond acceptors (Lipinski definition) is 5. The summed E-state index contributed by atoms with van der Waals surface area (Å²) in [7, 11) is 1.66. The zero-order valence-electron chi connectivity index (χ0n) is 17.3. The van der Waals surface area contributed by atoms with Crippen molar-refractivity contribution in [3.8, 4) is 5.69 Å². The molecule has 4 rings (SSSR count). The first-order valence-electron chi connectivity index (χ1n) is 9.87. The molecule has 0 aliphatic rings. The lowest BCUT2D eigenvalue weighted by atomic mass is 10.1. The Morgan fingerprint density at radius 2 is 1.75 bits per heavy atom. The van der Waals surface area contributed by atoms with Crippen molar-refractivity contribution >= 4 is 41.2 Å². The Labute approximate surface area is 199 Å². The van der Waals surface area contributed by atoms with Crippen LogP contribution in [0.1, 0.15) is 21.5 Å². The molecule has 0 spiro atoms. The first-order valence-corrected chi connectivity index (χ1v) is 12.1. The van der Waals surface area contributed by atoms with E-state index in [2.05, 4.69) is 17.2 Å². The molecule has 3 aromatic carbocycles. The molecule has 0 aliphatic carbocycles. The summed E-state index contributed by atoms with van der Waals surface area (Å²) in [6.07, 6.45) is 0. The van der Waals surface area contributed by atoms with Gasteiger partial charge in [-0.1, -0.05) is 71.6 Å². The summed E-state index contributed by atoms with van der Waals surface area (Å²) in [6.45, 7) is 0.201. The van der Waals surface area contributed by atoms with Gasteiger partial charge in [0.25, 0.3) is 5.91 Å². The molecule has 0 aliphatic heterocycles. The minimum absolute atomic E-state index is 0.180. The number of hydrogen-bond donors (Lipinski definition) is 0. The Balaban J connectivity index is 1.44. The van der Waals surface area contributed by atoms with Gasteiger partial charge in [0.05, 0.1) is 5.69 Å². The van der Waals surface area contributed by atoms with Gasteiger partial charge in [-0.15, -0.1) is 5.10 Å². The van der Waals surface area contributed by atoms with Crippen LogP contribution in [0.3, 0.4) is 0 Å². The van der Waals surface area contributed by atoms with Crippen LogP contribution in [-0.2, 0) is 12.3 Å². The number of benzene rings is 3.